The molecule has 20 heavy (non-hydrogen) atoms. The lowest BCUT2D eigenvalue weighted by Gasteiger charge is -2.22. The number of carbonyl (C=O) groups excluding carboxylic acids is 1. The molecule has 0 radical (unpaired) electrons. The molecule has 0 spiro atoms. The fraction of sp³-hybridized carbons (Fsp3) is 0.571. The van der Waals surface area contributed by atoms with Gasteiger partial charge in [-0.3, -0.25) is 4.98 Å². The molecule has 0 unspecified atom stereocenters. The molecule has 5 nitrogen and oxygen atoms in total. The minimum atomic E-state index is -0.462. The molecule has 110 valence electrons. The molecule has 1 N–H and O–H groups in total. The Morgan fingerprint density at radius 3 is 2.95 bits per heavy atom. The van der Waals surface area contributed by atoms with Gasteiger partial charge in [-0.1, -0.05) is 0 Å². The molecule has 1 aromatic heterocycles. The zero-order valence-electron chi connectivity index (χ0n) is 12.0. The van der Waals surface area contributed by atoms with Gasteiger partial charge >= 0.3 is 6.09 Å². The summed E-state index contributed by atoms with van der Waals surface area (Å²) < 4.78 is 6.25. The number of hydrogen-bond acceptors (Lipinski definition) is 4. The van der Waals surface area contributed by atoms with E-state index in [1.165, 1.54) is 0 Å². The molecule has 0 saturated carbocycles. The van der Waals surface area contributed by atoms with Crippen LogP contribution in [0.1, 0.15) is 27.2 Å². The summed E-state index contributed by atoms with van der Waals surface area (Å²) in [5.41, 5.74) is 0.643. The Hall–Kier alpha value is -1.30. The van der Waals surface area contributed by atoms with Crippen LogP contribution in [0.3, 0.4) is 0 Å². The Kier molecular flexibility index (Phi) is 4.52. The second-order valence-electron chi connectivity index (χ2n) is 5.90. The number of alkyl carbamates (subject to hydrolysis) is 1. The van der Waals surface area contributed by atoms with Gasteiger partial charge in [0.2, 0.25) is 0 Å². The number of rotatable bonds is 2. The third kappa shape index (κ3) is 4.10. The van der Waals surface area contributed by atoms with Crippen molar-refractivity contribution in [3.05, 3.63) is 22.9 Å². The Morgan fingerprint density at radius 1 is 1.55 bits per heavy atom. The molecular formula is C14H20BrN3O2. The Balaban J connectivity index is 1.90. The van der Waals surface area contributed by atoms with Crippen LogP contribution < -0.4 is 10.2 Å². The van der Waals surface area contributed by atoms with Crippen LogP contribution in [-0.4, -0.2) is 35.8 Å². The third-order valence-corrected chi connectivity index (χ3v) is 3.61. The number of ether oxygens (including phenoxy) is 1. The normalized spacial score (nSPS) is 19.0. The summed E-state index contributed by atoms with van der Waals surface area (Å²) >= 11 is 3.50. The van der Waals surface area contributed by atoms with E-state index in [0.29, 0.717) is 0 Å². The number of halogens is 1. The second kappa shape index (κ2) is 5.99. The number of hydrogen-bond donors (Lipinski definition) is 1. The van der Waals surface area contributed by atoms with Crippen LogP contribution in [0.4, 0.5) is 10.5 Å². The number of nitrogens with zero attached hydrogens (tertiary/aromatic N) is 2. The van der Waals surface area contributed by atoms with E-state index in [0.717, 1.165) is 29.7 Å². The zero-order valence-corrected chi connectivity index (χ0v) is 13.6. The standard InChI is InChI=1S/C14H20BrN3O2/c1-14(2,3)20-13(19)17-10-5-7-18(9-10)12-4-6-16-8-11(12)15/h4,6,8,10H,5,7,9H2,1-3H3,(H,17,19)/t10-/m0/s1. The van der Waals surface area contributed by atoms with E-state index >= 15 is 0 Å². The quantitative estimate of drug-likeness (QED) is 0.898. The van der Waals surface area contributed by atoms with Gasteiger partial charge < -0.3 is 15.0 Å². The van der Waals surface area contributed by atoms with Crippen molar-refractivity contribution in [1.29, 1.82) is 0 Å². The first-order valence-corrected chi connectivity index (χ1v) is 7.48. The summed E-state index contributed by atoms with van der Waals surface area (Å²) in [6.45, 7) is 7.27. The molecule has 0 aliphatic carbocycles. The van der Waals surface area contributed by atoms with Crippen molar-refractivity contribution in [3.8, 4) is 0 Å². The maximum absolute atomic E-state index is 11.8. The summed E-state index contributed by atoms with van der Waals surface area (Å²) in [7, 11) is 0. The van der Waals surface area contributed by atoms with E-state index < -0.39 is 5.60 Å². The van der Waals surface area contributed by atoms with Gasteiger partial charge in [-0.25, -0.2) is 4.79 Å². The number of pyridine rings is 1. The molecule has 1 aliphatic rings. The number of anilines is 1. The van der Waals surface area contributed by atoms with Crippen LogP contribution in [0, 0.1) is 0 Å². The lowest BCUT2D eigenvalue weighted by Crippen LogP contribution is -2.40. The summed E-state index contributed by atoms with van der Waals surface area (Å²) in [5, 5.41) is 2.92. The topological polar surface area (TPSA) is 54.5 Å². The first-order chi connectivity index (χ1) is 9.35. The number of amides is 1. The van der Waals surface area contributed by atoms with Gasteiger partial charge in [0.1, 0.15) is 5.60 Å². The molecule has 1 amide bonds. The van der Waals surface area contributed by atoms with Crippen LogP contribution in [-0.2, 0) is 4.74 Å². The van der Waals surface area contributed by atoms with Crippen molar-refractivity contribution < 1.29 is 9.53 Å². The van der Waals surface area contributed by atoms with Crippen molar-refractivity contribution >= 4 is 27.7 Å². The Morgan fingerprint density at radius 2 is 2.30 bits per heavy atom. The summed E-state index contributed by atoms with van der Waals surface area (Å²) in [5.74, 6) is 0. The highest BCUT2D eigenvalue weighted by Crippen LogP contribution is 2.27. The van der Waals surface area contributed by atoms with Gasteiger partial charge in [-0.2, -0.15) is 0 Å². The van der Waals surface area contributed by atoms with Gasteiger partial charge in [-0.05, 0) is 49.2 Å². The molecule has 1 aromatic rings. The fourth-order valence-electron chi connectivity index (χ4n) is 2.20. The average Bonchev–Trinajstić information content (AvgIpc) is 2.75. The van der Waals surface area contributed by atoms with Crippen LogP contribution in [0.15, 0.2) is 22.9 Å². The lowest BCUT2D eigenvalue weighted by atomic mass is 10.2. The molecule has 6 heteroatoms. The highest BCUT2D eigenvalue weighted by atomic mass is 79.9. The first kappa shape index (κ1) is 15.1. The maximum Gasteiger partial charge on any atom is 0.407 e. The fourth-order valence-corrected chi connectivity index (χ4v) is 2.70. The highest BCUT2D eigenvalue weighted by Gasteiger charge is 2.27. The smallest absolute Gasteiger partial charge is 0.407 e. The van der Waals surface area contributed by atoms with Crippen molar-refractivity contribution in [2.24, 2.45) is 0 Å². The predicted octanol–water partition coefficient (Wildman–Crippen LogP) is 2.95. The van der Waals surface area contributed by atoms with Crippen LogP contribution in [0.5, 0.6) is 0 Å². The second-order valence-corrected chi connectivity index (χ2v) is 6.76. The van der Waals surface area contributed by atoms with Gasteiger partial charge in [0.05, 0.1) is 16.2 Å². The number of aromatic nitrogens is 1. The number of carbonyl (C=O) groups is 1. The Bertz CT molecular complexity index is 488. The molecule has 0 bridgehead atoms. The maximum atomic E-state index is 11.8. The van der Waals surface area contributed by atoms with Crippen molar-refractivity contribution in [2.75, 3.05) is 18.0 Å². The summed E-state index contributed by atoms with van der Waals surface area (Å²) in [6, 6.07) is 2.09. The van der Waals surface area contributed by atoms with Crippen molar-refractivity contribution in [1.82, 2.24) is 10.3 Å². The van der Waals surface area contributed by atoms with Crippen LogP contribution in [0.25, 0.3) is 0 Å². The number of nitrogens with one attached hydrogen (secondary N) is 1. The third-order valence-electron chi connectivity index (χ3n) is 3.00. The molecule has 1 aliphatic heterocycles. The van der Waals surface area contributed by atoms with Crippen molar-refractivity contribution in [2.45, 2.75) is 38.8 Å². The molecule has 1 saturated heterocycles. The Labute approximate surface area is 127 Å². The average molecular weight is 342 g/mol. The first-order valence-electron chi connectivity index (χ1n) is 6.69. The van der Waals surface area contributed by atoms with Crippen LogP contribution in [0.2, 0.25) is 0 Å². The summed E-state index contributed by atoms with van der Waals surface area (Å²) in [6.07, 6.45) is 4.12. The van der Waals surface area contributed by atoms with E-state index in [9.17, 15) is 4.79 Å². The minimum absolute atomic E-state index is 0.116. The van der Waals surface area contributed by atoms with E-state index in [2.05, 4.69) is 31.1 Å². The largest absolute Gasteiger partial charge is 0.444 e. The molecule has 1 fully saturated rings. The minimum Gasteiger partial charge on any atom is -0.444 e. The molecule has 2 rings (SSSR count). The van der Waals surface area contributed by atoms with E-state index in [-0.39, 0.29) is 12.1 Å². The summed E-state index contributed by atoms with van der Waals surface area (Å²) in [4.78, 5) is 18.0. The van der Waals surface area contributed by atoms with Gasteiger partial charge in [0.25, 0.3) is 0 Å². The monoisotopic (exact) mass is 341 g/mol. The van der Waals surface area contributed by atoms with E-state index in [4.69, 9.17) is 4.74 Å². The molecular weight excluding hydrogens is 322 g/mol. The molecule has 0 aromatic carbocycles. The predicted molar refractivity (Wildman–Crippen MR) is 81.9 cm³/mol. The lowest BCUT2D eigenvalue weighted by molar-refractivity contribution is 0.0509. The van der Waals surface area contributed by atoms with E-state index in [1.807, 2.05) is 26.8 Å². The van der Waals surface area contributed by atoms with Gasteiger partial charge in [-0.15, -0.1) is 0 Å². The van der Waals surface area contributed by atoms with Gasteiger partial charge in [0.15, 0.2) is 0 Å². The van der Waals surface area contributed by atoms with E-state index in [1.54, 1.807) is 12.4 Å². The van der Waals surface area contributed by atoms with Crippen LogP contribution >= 0.6 is 15.9 Å². The molecule has 2 heterocycles. The van der Waals surface area contributed by atoms with Gasteiger partial charge in [0, 0.05) is 25.5 Å². The SMILES string of the molecule is CC(C)(C)OC(=O)N[C@H]1CCN(c2ccncc2Br)C1. The highest BCUT2D eigenvalue weighted by molar-refractivity contribution is 9.10. The zero-order chi connectivity index (χ0) is 14.8. The van der Waals surface area contributed by atoms with Crippen molar-refractivity contribution in [3.63, 3.8) is 0 Å². The molecule has 1 atom stereocenters.